The fraction of sp³-hybridized carbons (Fsp3) is 0.833. The molecule has 1 aliphatic carbocycles. The van der Waals surface area contributed by atoms with Crippen molar-refractivity contribution in [2.75, 3.05) is 6.54 Å². The Kier molecular flexibility index (Phi) is 4.93. The highest BCUT2D eigenvalue weighted by Crippen LogP contribution is 2.34. The topological polar surface area (TPSA) is 12.0 Å². The minimum absolute atomic E-state index is 0.758. The molecule has 0 aliphatic heterocycles. The molecule has 1 saturated carbocycles. The second-order valence-corrected chi connectivity index (χ2v) is 3.99. The maximum Gasteiger partial charge on any atom is 0.00956 e. The maximum atomic E-state index is 5.24. The maximum absolute atomic E-state index is 5.24. The Balaban J connectivity index is 2.10. The Morgan fingerprint density at radius 1 is 1.54 bits per heavy atom. The van der Waals surface area contributed by atoms with Gasteiger partial charge in [-0.3, -0.25) is 0 Å². The first-order valence-electron chi connectivity index (χ1n) is 5.55. The molecular weight excluding hydrogens is 158 g/mol. The van der Waals surface area contributed by atoms with Crippen LogP contribution in [0.3, 0.4) is 0 Å². The number of hydrogen-bond acceptors (Lipinski definition) is 1. The van der Waals surface area contributed by atoms with Crippen LogP contribution >= 0.6 is 0 Å². The van der Waals surface area contributed by atoms with Crippen molar-refractivity contribution >= 4 is 0 Å². The van der Waals surface area contributed by atoms with Crippen LogP contribution in [0.1, 0.15) is 45.4 Å². The Labute approximate surface area is 82.3 Å². The minimum Gasteiger partial charge on any atom is -0.314 e. The highest BCUT2D eigenvalue weighted by atomic mass is 14.9. The molecule has 13 heavy (non-hydrogen) atoms. The van der Waals surface area contributed by atoms with E-state index in [-0.39, 0.29) is 0 Å². The molecule has 1 heteroatoms. The third-order valence-corrected chi connectivity index (χ3v) is 2.68. The van der Waals surface area contributed by atoms with Crippen molar-refractivity contribution < 1.29 is 0 Å². The number of hydrogen-bond donors (Lipinski definition) is 1. The molecule has 1 unspecified atom stereocenters. The molecule has 0 saturated heterocycles. The van der Waals surface area contributed by atoms with Crippen LogP contribution in [0.4, 0.5) is 0 Å². The summed E-state index contributed by atoms with van der Waals surface area (Å²) in [7, 11) is 0. The first-order chi connectivity index (χ1) is 6.38. The van der Waals surface area contributed by atoms with E-state index in [2.05, 4.69) is 18.2 Å². The third-order valence-electron chi connectivity index (χ3n) is 2.68. The van der Waals surface area contributed by atoms with E-state index >= 15 is 0 Å². The van der Waals surface area contributed by atoms with Gasteiger partial charge < -0.3 is 5.32 Å². The molecule has 0 aromatic rings. The molecule has 0 spiro atoms. The number of terminal acetylenes is 1. The number of nitrogens with one attached hydrogen (secondary N) is 1. The molecule has 0 heterocycles. The van der Waals surface area contributed by atoms with Crippen molar-refractivity contribution in [3.05, 3.63) is 0 Å². The normalized spacial score (nSPS) is 18.2. The van der Waals surface area contributed by atoms with Crippen LogP contribution in [-0.4, -0.2) is 12.6 Å². The molecule has 1 fully saturated rings. The quantitative estimate of drug-likeness (QED) is 0.468. The van der Waals surface area contributed by atoms with Gasteiger partial charge in [0.05, 0.1) is 0 Å². The SMILES string of the molecule is C#CCCCC(NCCC)C1CC1. The smallest absolute Gasteiger partial charge is 0.00956 e. The molecule has 74 valence electrons. The van der Waals surface area contributed by atoms with Crippen LogP contribution in [0.5, 0.6) is 0 Å². The summed E-state index contributed by atoms with van der Waals surface area (Å²) in [6, 6.07) is 0.758. The molecule has 0 bridgehead atoms. The van der Waals surface area contributed by atoms with Crippen LogP contribution < -0.4 is 5.32 Å². The van der Waals surface area contributed by atoms with Crippen molar-refractivity contribution in [2.24, 2.45) is 5.92 Å². The van der Waals surface area contributed by atoms with E-state index in [1.54, 1.807) is 0 Å². The van der Waals surface area contributed by atoms with Gasteiger partial charge in [0.25, 0.3) is 0 Å². The van der Waals surface area contributed by atoms with E-state index in [0.717, 1.165) is 24.9 Å². The van der Waals surface area contributed by atoms with Gasteiger partial charge >= 0.3 is 0 Å². The lowest BCUT2D eigenvalue weighted by molar-refractivity contribution is 0.427. The molecule has 0 radical (unpaired) electrons. The molecule has 1 N–H and O–H groups in total. The summed E-state index contributed by atoms with van der Waals surface area (Å²) in [5.74, 6) is 3.67. The van der Waals surface area contributed by atoms with Gasteiger partial charge in [0.2, 0.25) is 0 Å². The molecule has 1 rings (SSSR count). The van der Waals surface area contributed by atoms with E-state index in [9.17, 15) is 0 Å². The van der Waals surface area contributed by atoms with Crippen molar-refractivity contribution in [3.8, 4) is 12.3 Å². The van der Waals surface area contributed by atoms with E-state index in [0.29, 0.717) is 0 Å². The lowest BCUT2D eigenvalue weighted by Gasteiger charge is -2.16. The fourth-order valence-electron chi connectivity index (χ4n) is 1.76. The Morgan fingerprint density at radius 2 is 2.31 bits per heavy atom. The molecule has 0 amide bonds. The summed E-state index contributed by atoms with van der Waals surface area (Å²) in [6.07, 6.45) is 12.7. The van der Waals surface area contributed by atoms with Crippen LogP contribution in [0.2, 0.25) is 0 Å². The monoisotopic (exact) mass is 179 g/mol. The summed E-state index contributed by atoms with van der Waals surface area (Å²) < 4.78 is 0. The van der Waals surface area contributed by atoms with Gasteiger partial charge in [0.15, 0.2) is 0 Å². The Morgan fingerprint density at radius 3 is 2.85 bits per heavy atom. The second kappa shape index (κ2) is 6.05. The van der Waals surface area contributed by atoms with Gasteiger partial charge in [-0.15, -0.1) is 12.3 Å². The number of rotatable bonds is 7. The molecule has 1 atom stereocenters. The number of unbranched alkanes of at least 4 members (excludes halogenated alkanes) is 1. The lowest BCUT2D eigenvalue weighted by atomic mass is 10.1. The summed E-state index contributed by atoms with van der Waals surface area (Å²) in [5, 5.41) is 3.62. The van der Waals surface area contributed by atoms with E-state index < -0.39 is 0 Å². The van der Waals surface area contributed by atoms with E-state index in [1.807, 2.05) is 0 Å². The molecule has 0 aromatic carbocycles. The largest absolute Gasteiger partial charge is 0.314 e. The highest BCUT2D eigenvalue weighted by molar-refractivity contribution is 4.88. The summed E-state index contributed by atoms with van der Waals surface area (Å²) in [6.45, 7) is 3.38. The van der Waals surface area contributed by atoms with Crippen molar-refractivity contribution in [3.63, 3.8) is 0 Å². The predicted molar refractivity (Wildman–Crippen MR) is 57.5 cm³/mol. The zero-order valence-corrected chi connectivity index (χ0v) is 8.68. The van der Waals surface area contributed by atoms with Gasteiger partial charge in [-0.05, 0) is 44.6 Å². The first-order valence-corrected chi connectivity index (χ1v) is 5.55. The Hall–Kier alpha value is -0.480. The van der Waals surface area contributed by atoms with Gasteiger partial charge in [-0.1, -0.05) is 6.92 Å². The third kappa shape index (κ3) is 4.33. The Bertz CT molecular complexity index is 164. The van der Waals surface area contributed by atoms with Gasteiger partial charge in [-0.2, -0.15) is 0 Å². The van der Waals surface area contributed by atoms with Crippen molar-refractivity contribution in [2.45, 2.75) is 51.5 Å². The summed E-state index contributed by atoms with van der Waals surface area (Å²) in [5.41, 5.74) is 0. The molecule has 1 nitrogen and oxygen atoms in total. The van der Waals surface area contributed by atoms with Crippen molar-refractivity contribution in [1.82, 2.24) is 5.32 Å². The van der Waals surface area contributed by atoms with Gasteiger partial charge in [0, 0.05) is 12.5 Å². The van der Waals surface area contributed by atoms with Crippen LogP contribution in [0.15, 0.2) is 0 Å². The average Bonchev–Trinajstić information content (AvgIpc) is 2.94. The highest BCUT2D eigenvalue weighted by Gasteiger charge is 2.29. The summed E-state index contributed by atoms with van der Waals surface area (Å²) >= 11 is 0. The van der Waals surface area contributed by atoms with Gasteiger partial charge in [-0.25, -0.2) is 0 Å². The molecular formula is C12H21N. The zero-order chi connectivity index (χ0) is 9.52. The molecule has 0 aromatic heterocycles. The van der Waals surface area contributed by atoms with Crippen LogP contribution in [-0.2, 0) is 0 Å². The fourth-order valence-corrected chi connectivity index (χ4v) is 1.76. The van der Waals surface area contributed by atoms with E-state index in [4.69, 9.17) is 6.42 Å². The van der Waals surface area contributed by atoms with Crippen molar-refractivity contribution in [1.29, 1.82) is 0 Å². The van der Waals surface area contributed by atoms with Crippen LogP contribution in [0, 0.1) is 18.3 Å². The van der Waals surface area contributed by atoms with E-state index in [1.165, 1.54) is 32.1 Å². The lowest BCUT2D eigenvalue weighted by Crippen LogP contribution is -2.31. The summed E-state index contributed by atoms with van der Waals surface area (Å²) in [4.78, 5) is 0. The second-order valence-electron chi connectivity index (χ2n) is 3.99. The zero-order valence-electron chi connectivity index (χ0n) is 8.68. The van der Waals surface area contributed by atoms with Gasteiger partial charge in [0.1, 0.15) is 0 Å². The minimum atomic E-state index is 0.758. The standard InChI is InChI=1S/C12H21N/c1-3-5-6-7-12(11-8-9-11)13-10-4-2/h1,11-13H,4-10H2,2H3. The average molecular weight is 179 g/mol. The molecule has 1 aliphatic rings. The van der Waals surface area contributed by atoms with Crippen LogP contribution in [0.25, 0.3) is 0 Å². The predicted octanol–water partition coefficient (Wildman–Crippen LogP) is 2.57. The first kappa shape index (κ1) is 10.6.